The van der Waals surface area contributed by atoms with E-state index in [9.17, 15) is 4.79 Å². The number of amides is 1. The number of carbonyl (C=O) groups is 1. The molecule has 7 heteroatoms. The van der Waals surface area contributed by atoms with E-state index in [2.05, 4.69) is 29.4 Å². The van der Waals surface area contributed by atoms with E-state index >= 15 is 0 Å². The third kappa shape index (κ3) is 5.37. The summed E-state index contributed by atoms with van der Waals surface area (Å²) in [5.74, 6) is 2.35. The first-order valence-electron chi connectivity index (χ1n) is 10.1. The summed E-state index contributed by atoms with van der Waals surface area (Å²) in [5.41, 5.74) is 5.18. The Hall–Kier alpha value is -3.35. The molecule has 0 saturated heterocycles. The van der Waals surface area contributed by atoms with Gasteiger partial charge >= 0.3 is 0 Å². The molecule has 0 aliphatic heterocycles. The van der Waals surface area contributed by atoms with Gasteiger partial charge in [-0.3, -0.25) is 4.79 Å². The van der Waals surface area contributed by atoms with E-state index in [1.807, 2.05) is 60.9 Å². The second kappa shape index (κ2) is 9.91. The van der Waals surface area contributed by atoms with Gasteiger partial charge in [0.15, 0.2) is 11.5 Å². The highest BCUT2D eigenvalue weighted by Gasteiger charge is 2.10. The van der Waals surface area contributed by atoms with Crippen molar-refractivity contribution in [1.29, 1.82) is 0 Å². The van der Waals surface area contributed by atoms with Crippen molar-refractivity contribution in [2.45, 2.75) is 34.2 Å². The third-order valence-corrected chi connectivity index (χ3v) is 4.39. The van der Waals surface area contributed by atoms with Crippen LogP contribution in [-0.4, -0.2) is 34.9 Å². The highest BCUT2D eigenvalue weighted by Crippen LogP contribution is 2.28. The number of nitrogens with one attached hydrogen (secondary N) is 1. The molecule has 158 valence electrons. The number of aryl methyl sites for hydroxylation is 1. The summed E-state index contributed by atoms with van der Waals surface area (Å²) in [6.45, 7) is 9.30. The standard InChI is InChI=1S/C23H28N4O3/c1-5-29-22-12-18(10-11-21(22)30-15-16(2)3)13-24-26-23(28)14-27-17(4)25-19-8-6-7-9-20(19)27/h6-13,16H,5,14-15H2,1-4H3,(H,26,28)/b24-13-. The van der Waals surface area contributed by atoms with Gasteiger partial charge in [0.25, 0.3) is 5.91 Å². The average Bonchev–Trinajstić information content (AvgIpc) is 3.03. The molecule has 0 aliphatic carbocycles. The van der Waals surface area contributed by atoms with Crippen LogP contribution in [0.1, 0.15) is 32.2 Å². The number of hydrogen-bond acceptors (Lipinski definition) is 5. The number of rotatable bonds is 9. The number of hydrogen-bond donors (Lipinski definition) is 1. The quantitative estimate of drug-likeness (QED) is 0.430. The van der Waals surface area contributed by atoms with Gasteiger partial charge in [-0.1, -0.05) is 26.0 Å². The van der Waals surface area contributed by atoms with Crippen LogP contribution in [0.4, 0.5) is 0 Å². The van der Waals surface area contributed by atoms with Crippen molar-refractivity contribution < 1.29 is 14.3 Å². The number of nitrogens with zero attached hydrogens (tertiary/aromatic N) is 3. The Balaban J connectivity index is 1.64. The smallest absolute Gasteiger partial charge is 0.260 e. The summed E-state index contributed by atoms with van der Waals surface area (Å²) in [5, 5.41) is 4.08. The van der Waals surface area contributed by atoms with Crippen molar-refractivity contribution in [2.75, 3.05) is 13.2 Å². The minimum Gasteiger partial charge on any atom is -0.490 e. The second-order valence-corrected chi connectivity index (χ2v) is 7.37. The topological polar surface area (TPSA) is 77.7 Å². The molecule has 0 bridgehead atoms. The van der Waals surface area contributed by atoms with E-state index in [0.717, 1.165) is 22.4 Å². The van der Waals surface area contributed by atoms with Crippen LogP contribution in [0.5, 0.6) is 11.5 Å². The molecule has 0 spiro atoms. The van der Waals surface area contributed by atoms with Crippen LogP contribution in [-0.2, 0) is 11.3 Å². The fourth-order valence-electron chi connectivity index (χ4n) is 3.00. The molecule has 1 heterocycles. The predicted octanol–water partition coefficient (Wildman–Crippen LogP) is 3.93. The molecule has 0 radical (unpaired) electrons. The van der Waals surface area contributed by atoms with E-state index in [1.54, 1.807) is 6.21 Å². The van der Waals surface area contributed by atoms with Gasteiger partial charge < -0.3 is 14.0 Å². The second-order valence-electron chi connectivity index (χ2n) is 7.37. The molecular formula is C23H28N4O3. The number of para-hydroxylation sites is 2. The fraction of sp³-hybridized carbons (Fsp3) is 0.348. The molecule has 30 heavy (non-hydrogen) atoms. The molecule has 0 aliphatic rings. The molecule has 3 rings (SSSR count). The van der Waals surface area contributed by atoms with Crippen molar-refractivity contribution in [3.8, 4) is 11.5 Å². The Labute approximate surface area is 176 Å². The molecule has 1 amide bonds. The maximum Gasteiger partial charge on any atom is 0.260 e. The van der Waals surface area contributed by atoms with E-state index in [1.165, 1.54) is 0 Å². The van der Waals surface area contributed by atoms with Gasteiger partial charge in [0.05, 0.1) is 30.5 Å². The zero-order valence-corrected chi connectivity index (χ0v) is 17.9. The predicted molar refractivity (Wildman–Crippen MR) is 118 cm³/mol. The molecule has 2 aromatic carbocycles. The van der Waals surface area contributed by atoms with Gasteiger partial charge in [-0.15, -0.1) is 0 Å². The van der Waals surface area contributed by atoms with E-state index in [-0.39, 0.29) is 12.5 Å². The Morgan fingerprint density at radius 3 is 2.77 bits per heavy atom. The van der Waals surface area contributed by atoms with Gasteiger partial charge in [0.1, 0.15) is 12.4 Å². The summed E-state index contributed by atoms with van der Waals surface area (Å²) in [6, 6.07) is 13.3. The van der Waals surface area contributed by atoms with Crippen molar-refractivity contribution in [3.05, 3.63) is 53.9 Å². The summed E-state index contributed by atoms with van der Waals surface area (Å²) >= 11 is 0. The molecule has 3 aromatic rings. The lowest BCUT2D eigenvalue weighted by Crippen LogP contribution is -2.23. The van der Waals surface area contributed by atoms with Crippen molar-refractivity contribution >= 4 is 23.2 Å². The van der Waals surface area contributed by atoms with Crippen molar-refractivity contribution in [2.24, 2.45) is 11.0 Å². The lowest BCUT2D eigenvalue weighted by molar-refractivity contribution is -0.121. The Bertz CT molecular complexity index is 1040. The Morgan fingerprint density at radius 2 is 2.00 bits per heavy atom. The SMILES string of the molecule is CCOc1cc(/C=N\NC(=O)Cn2c(C)nc3ccccc32)ccc1OCC(C)C. The van der Waals surface area contributed by atoms with Gasteiger partial charge in [-0.05, 0) is 55.7 Å². The number of benzene rings is 2. The van der Waals surface area contributed by atoms with Crippen molar-refractivity contribution in [1.82, 2.24) is 15.0 Å². The molecular weight excluding hydrogens is 380 g/mol. The normalized spacial score (nSPS) is 11.4. The molecule has 7 nitrogen and oxygen atoms in total. The Morgan fingerprint density at radius 1 is 1.20 bits per heavy atom. The number of hydrazone groups is 1. The summed E-state index contributed by atoms with van der Waals surface area (Å²) in [6.07, 6.45) is 1.59. The molecule has 0 saturated carbocycles. The fourth-order valence-corrected chi connectivity index (χ4v) is 3.00. The van der Waals surface area contributed by atoms with Crippen LogP contribution in [0.2, 0.25) is 0 Å². The third-order valence-electron chi connectivity index (χ3n) is 4.39. The van der Waals surface area contributed by atoms with E-state index in [4.69, 9.17) is 9.47 Å². The average molecular weight is 409 g/mol. The van der Waals surface area contributed by atoms with Crippen molar-refractivity contribution in [3.63, 3.8) is 0 Å². The molecule has 0 atom stereocenters. The minimum atomic E-state index is -0.223. The van der Waals surface area contributed by atoms with E-state index in [0.29, 0.717) is 30.6 Å². The van der Waals surface area contributed by atoms with Gasteiger partial charge in [-0.25, -0.2) is 10.4 Å². The molecule has 1 N–H and O–H groups in total. The van der Waals surface area contributed by atoms with Crippen LogP contribution >= 0.6 is 0 Å². The van der Waals surface area contributed by atoms with Crippen LogP contribution in [0.3, 0.4) is 0 Å². The minimum absolute atomic E-state index is 0.149. The van der Waals surface area contributed by atoms with Crippen LogP contribution in [0, 0.1) is 12.8 Å². The summed E-state index contributed by atoms with van der Waals surface area (Å²) < 4.78 is 13.4. The zero-order valence-electron chi connectivity index (χ0n) is 17.9. The Kier molecular flexibility index (Phi) is 7.06. The highest BCUT2D eigenvalue weighted by atomic mass is 16.5. The first kappa shape index (κ1) is 21.4. The van der Waals surface area contributed by atoms with E-state index < -0.39 is 0 Å². The van der Waals surface area contributed by atoms with Crippen LogP contribution in [0.15, 0.2) is 47.6 Å². The maximum atomic E-state index is 12.4. The summed E-state index contributed by atoms with van der Waals surface area (Å²) in [4.78, 5) is 16.8. The highest BCUT2D eigenvalue weighted by molar-refractivity contribution is 5.84. The number of imidazole rings is 1. The maximum absolute atomic E-state index is 12.4. The number of aromatic nitrogens is 2. The van der Waals surface area contributed by atoms with Gasteiger partial charge in [0.2, 0.25) is 0 Å². The first-order chi connectivity index (χ1) is 14.5. The number of fused-ring (bicyclic) bond motifs is 1. The number of ether oxygens (including phenoxy) is 2. The number of carbonyl (C=O) groups excluding carboxylic acids is 1. The van der Waals surface area contributed by atoms with Gasteiger partial charge in [-0.2, -0.15) is 5.10 Å². The van der Waals surface area contributed by atoms with Crippen LogP contribution < -0.4 is 14.9 Å². The summed E-state index contributed by atoms with van der Waals surface area (Å²) in [7, 11) is 0. The zero-order chi connectivity index (χ0) is 21.5. The van der Waals surface area contributed by atoms with Crippen LogP contribution in [0.25, 0.3) is 11.0 Å². The lowest BCUT2D eigenvalue weighted by atomic mass is 10.2. The molecule has 0 fully saturated rings. The molecule has 1 aromatic heterocycles. The molecule has 0 unspecified atom stereocenters. The monoisotopic (exact) mass is 408 g/mol. The first-order valence-corrected chi connectivity index (χ1v) is 10.1. The lowest BCUT2D eigenvalue weighted by Gasteiger charge is -2.13. The largest absolute Gasteiger partial charge is 0.490 e. The van der Waals surface area contributed by atoms with Gasteiger partial charge in [0, 0.05) is 0 Å².